The summed E-state index contributed by atoms with van der Waals surface area (Å²) in [6.07, 6.45) is 53.6. The summed E-state index contributed by atoms with van der Waals surface area (Å²) in [5.41, 5.74) is 0. The summed E-state index contributed by atoms with van der Waals surface area (Å²) in [5.74, 6) is -1.36. The SMILES string of the molecule is CCCCCC/C=C\C=C/CCCCCCCC(=O)OC[C@H](COP(=O)(O)OC[C@@H](O)COP(=O)(O)OC[C@@H](COC(=O)CCCCCCCCCC)OC(=O)CCCCCCCCCCC)OC(=O)CCCCCCCCCCCCCCCCCC(C)C. The zero-order chi connectivity index (χ0) is 66.3. The number of rotatable bonds is 69. The van der Waals surface area contributed by atoms with Crippen molar-refractivity contribution in [2.24, 2.45) is 5.92 Å². The first-order chi connectivity index (χ1) is 43.5. The monoisotopic (exact) mass is 1320 g/mol. The minimum Gasteiger partial charge on any atom is -0.462 e. The van der Waals surface area contributed by atoms with Gasteiger partial charge >= 0.3 is 39.5 Å². The standard InChI is InChI=1S/C71H134O17P2/c1-6-9-12-15-18-21-22-23-25-29-32-36-40-45-50-55-69(74)82-61-67(88-71(76)57-52-47-42-37-33-30-27-24-26-28-31-35-38-43-48-53-64(4)5)63-86-90(79,80)84-59-65(72)58-83-89(77,78)85-62-66(60-81-68(73)54-49-44-39-20-17-14-11-8-3)87-70(75)56-51-46-41-34-19-16-13-10-7-2/h21-23,25,64-67,72H,6-20,24,26-63H2,1-5H3,(H,77,78)(H,79,80)/b22-21-,25-23-/t65-,66+,67+/m0/s1. The van der Waals surface area contributed by atoms with E-state index in [0.29, 0.717) is 25.7 Å². The number of unbranched alkanes of at least 4 members (excludes halogenated alkanes) is 38. The lowest BCUT2D eigenvalue weighted by Gasteiger charge is -2.21. The fraction of sp³-hybridized carbons (Fsp3) is 0.887. The number of aliphatic hydroxyl groups excluding tert-OH is 1. The van der Waals surface area contributed by atoms with E-state index in [0.717, 1.165) is 121 Å². The predicted octanol–water partition coefficient (Wildman–Crippen LogP) is 20.1. The molecule has 17 nitrogen and oxygen atoms in total. The average Bonchev–Trinajstić information content (AvgIpc) is 3.64. The van der Waals surface area contributed by atoms with Gasteiger partial charge in [0.2, 0.25) is 0 Å². The van der Waals surface area contributed by atoms with Crippen LogP contribution in [0.5, 0.6) is 0 Å². The molecule has 0 aromatic rings. The lowest BCUT2D eigenvalue weighted by atomic mass is 10.0. The van der Waals surface area contributed by atoms with E-state index in [1.807, 2.05) is 0 Å². The van der Waals surface area contributed by atoms with Crippen LogP contribution >= 0.6 is 15.6 Å². The Kier molecular flexibility index (Phi) is 62.2. The smallest absolute Gasteiger partial charge is 0.462 e. The van der Waals surface area contributed by atoms with Crippen LogP contribution < -0.4 is 0 Å². The average molecular weight is 1320 g/mol. The Morgan fingerprint density at radius 1 is 0.344 bits per heavy atom. The lowest BCUT2D eigenvalue weighted by molar-refractivity contribution is -0.161. The van der Waals surface area contributed by atoms with E-state index in [-0.39, 0.29) is 25.7 Å². The third kappa shape index (κ3) is 64.3. The third-order valence-corrected chi connectivity index (χ3v) is 17.8. The molecule has 0 rings (SSSR count). The van der Waals surface area contributed by atoms with Gasteiger partial charge in [0.15, 0.2) is 12.2 Å². The molecule has 0 heterocycles. The minimum atomic E-state index is -4.96. The maximum atomic E-state index is 13.0. The molecule has 530 valence electrons. The van der Waals surface area contributed by atoms with Gasteiger partial charge in [0.1, 0.15) is 19.3 Å². The van der Waals surface area contributed by atoms with Gasteiger partial charge in [-0.25, -0.2) is 9.13 Å². The number of phosphoric ester groups is 2. The quantitative estimate of drug-likeness (QED) is 0.0169. The molecule has 0 aliphatic carbocycles. The van der Waals surface area contributed by atoms with Crippen molar-refractivity contribution in [3.63, 3.8) is 0 Å². The Balaban J connectivity index is 5.23. The number of carbonyl (C=O) groups excluding carboxylic acids is 4. The Labute approximate surface area is 548 Å². The van der Waals surface area contributed by atoms with Gasteiger partial charge in [0.05, 0.1) is 26.4 Å². The van der Waals surface area contributed by atoms with Crippen molar-refractivity contribution in [2.45, 2.75) is 361 Å². The highest BCUT2D eigenvalue weighted by Crippen LogP contribution is 2.45. The van der Waals surface area contributed by atoms with Gasteiger partial charge < -0.3 is 33.8 Å². The molecule has 3 N–H and O–H groups in total. The molecule has 0 amide bonds. The van der Waals surface area contributed by atoms with Gasteiger partial charge in [-0.2, -0.15) is 0 Å². The second kappa shape index (κ2) is 63.9. The number of phosphoric acid groups is 2. The van der Waals surface area contributed by atoms with Gasteiger partial charge in [-0.15, -0.1) is 0 Å². The number of carbonyl (C=O) groups is 4. The maximum Gasteiger partial charge on any atom is 0.472 e. The van der Waals surface area contributed by atoms with E-state index in [1.54, 1.807) is 0 Å². The Hall–Kier alpha value is -2.46. The van der Waals surface area contributed by atoms with Crippen molar-refractivity contribution in [1.82, 2.24) is 0 Å². The van der Waals surface area contributed by atoms with Crippen LogP contribution in [-0.2, 0) is 65.4 Å². The molecule has 0 aromatic heterocycles. The number of hydrogen-bond acceptors (Lipinski definition) is 15. The number of allylic oxidation sites excluding steroid dienone is 4. The van der Waals surface area contributed by atoms with E-state index < -0.39 is 97.5 Å². The molecule has 2 unspecified atom stereocenters. The van der Waals surface area contributed by atoms with Crippen LogP contribution in [0.4, 0.5) is 0 Å². The fourth-order valence-corrected chi connectivity index (χ4v) is 11.9. The van der Waals surface area contributed by atoms with Crippen molar-refractivity contribution < 1.29 is 80.2 Å². The molecule has 90 heavy (non-hydrogen) atoms. The molecule has 0 bridgehead atoms. The second-order valence-electron chi connectivity index (χ2n) is 25.4. The summed E-state index contributed by atoms with van der Waals surface area (Å²) in [6, 6.07) is 0. The van der Waals surface area contributed by atoms with Gasteiger partial charge in [-0.3, -0.25) is 37.3 Å². The van der Waals surface area contributed by atoms with Crippen LogP contribution in [0.2, 0.25) is 0 Å². The van der Waals surface area contributed by atoms with Gasteiger partial charge in [0.25, 0.3) is 0 Å². The highest BCUT2D eigenvalue weighted by Gasteiger charge is 2.30. The molecule has 0 spiro atoms. The Morgan fingerprint density at radius 2 is 0.600 bits per heavy atom. The molecule has 0 fully saturated rings. The lowest BCUT2D eigenvalue weighted by Crippen LogP contribution is -2.30. The molecular formula is C71H134O17P2. The number of aliphatic hydroxyl groups is 1. The van der Waals surface area contributed by atoms with Crippen LogP contribution in [0.15, 0.2) is 24.3 Å². The van der Waals surface area contributed by atoms with Crippen molar-refractivity contribution in [3.05, 3.63) is 24.3 Å². The van der Waals surface area contributed by atoms with E-state index in [2.05, 4.69) is 58.9 Å². The normalized spacial score (nSPS) is 14.2. The first-order valence-corrected chi connectivity index (χ1v) is 39.4. The van der Waals surface area contributed by atoms with Crippen molar-refractivity contribution in [2.75, 3.05) is 39.6 Å². The summed E-state index contributed by atoms with van der Waals surface area (Å²) in [5, 5.41) is 10.6. The van der Waals surface area contributed by atoms with E-state index in [4.69, 9.17) is 37.0 Å². The van der Waals surface area contributed by atoms with Crippen molar-refractivity contribution in [3.8, 4) is 0 Å². The van der Waals surface area contributed by atoms with Crippen LogP contribution in [0, 0.1) is 5.92 Å². The first kappa shape index (κ1) is 87.5. The summed E-state index contributed by atoms with van der Waals surface area (Å²) in [4.78, 5) is 72.4. The Bertz CT molecular complexity index is 1830. The molecule has 0 saturated heterocycles. The van der Waals surface area contributed by atoms with Crippen molar-refractivity contribution >= 4 is 39.5 Å². The maximum absolute atomic E-state index is 13.0. The molecule has 5 atom stereocenters. The highest BCUT2D eigenvalue weighted by atomic mass is 31.2. The molecule has 0 aliphatic rings. The summed E-state index contributed by atoms with van der Waals surface area (Å²) in [6.45, 7) is 7.17. The molecule has 0 aliphatic heterocycles. The topological polar surface area (TPSA) is 237 Å². The van der Waals surface area contributed by atoms with Gasteiger partial charge in [-0.05, 0) is 57.3 Å². The molecular weight excluding hydrogens is 1190 g/mol. The van der Waals surface area contributed by atoms with Crippen LogP contribution in [0.25, 0.3) is 0 Å². The summed E-state index contributed by atoms with van der Waals surface area (Å²) < 4.78 is 68.1. The molecule has 0 saturated carbocycles. The number of hydrogen-bond donors (Lipinski definition) is 3. The summed E-state index contributed by atoms with van der Waals surface area (Å²) >= 11 is 0. The molecule has 0 radical (unpaired) electrons. The third-order valence-electron chi connectivity index (χ3n) is 15.9. The van der Waals surface area contributed by atoms with E-state index in [1.165, 1.54) is 141 Å². The number of esters is 4. The zero-order valence-corrected chi connectivity index (χ0v) is 59.5. The van der Waals surface area contributed by atoms with E-state index in [9.17, 15) is 43.2 Å². The predicted molar refractivity (Wildman–Crippen MR) is 363 cm³/mol. The number of ether oxygens (including phenoxy) is 4. The van der Waals surface area contributed by atoms with Gasteiger partial charge in [0, 0.05) is 25.7 Å². The van der Waals surface area contributed by atoms with Crippen LogP contribution in [-0.4, -0.2) is 96.7 Å². The summed E-state index contributed by atoms with van der Waals surface area (Å²) in [7, 11) is -9.90. The Morgan fingerprint density at radius 3 is 0.911 bits per heavy atom. The second-order valence-corrected chi connectivity index (χ2v) is 28.3. The van der Waals surface area contributed by atoms with Crippen LogP contribution in [0.3, 0.4) is 0 Å². The first-order valence-electron chi connectivity index (χ1n) is 36.5. The zero-order valence-electron chi connectivity index (χ0n) is 57.8. The molecule has 19 heteroatoms. The fourth-order valence-electron chi connectivity index (χ4n) is 10.3. The van der Waals surface area contributed by atoms with E-state index >= 15 is 0 Å². The van der Waals surface area contributed by atoms with Crippen molar-refractivity contribution in [1.29, 1.82) is 0 Å². The van der Waals surface area contributed by atoms with Crippen LogP contribution in [0.1, 0.15) is 343 Å². The minimum absolute atomic E-state index is 0.101. The molecule has 0 aromatic carbocycles. The van der Waals surface area contributed by atoms with Gasteiger partial charge in [-0.1, -0.05) is 290 Å². The largest absolute Gasteiger partial charge is 0.472 e. The highest BCUT2D eigenvalue weighted by molar-refractivity contribution is 7.47.